The van der Waals surface area contributed by atoms with Crippen LogP contribution >= 0.6 is 15.9 Å². The number of benzene rings is 1. The fraction of sp³-hybridized carbons (Fsp3) is 0.455. The molecule has 92 valence electrons. The molecule has 1 fully saturated rings. The topological polar surface area (TPSA) is 58.4 Å². The van der Waals surface area contributed by atoms with Crippen LogP contribution in [-0.4, -0.2) is 31.1 Å². The normalized spacial score (nSPS) is 19.3. The second kappa shape index (κ2) is 5.01. The molecule has 0 bridgehead atoms. The number of rotatable bonds is 3. The summed E-state index contributed by atoms with van der Waals surface area (Å²) in [6, 6.07) is 5.33. The molecule has 1 aromatic rings. The van der Waals surface area contributed by atoms with Gasteiger partial charge in [0.25, 0.3) is 5.69 Å². The monoisotopic (exact) mass is 299 g/mol. The molecular formula is C11H14BrN3O2. The first-order valence-electron chi connectivity index (χ1n) is 5.47. The van der Waals surface area contributed by atoms with Gasteiger partial charge in [-0.2, -0.15) is 0 Å². The zero-order valence-corrected chi connectivity index (χ0v) is 11.1. The van der Waals surface area contributed by atoms with Gasteiger partial charge in [0.1, 0.15) is 0 Å². The van der Waals surface area contributed by atoms with Crippen LogP contribution in [0.25, 0.3) is 0 Å². The van der Waals surface area contributed by atoms with Gasteiger partial charge in [0.15, 0.2) is 0 Å². The van der Waals surface area contributed by atoms with E-state index in [0.717, 1.165) is 29.7 Å². The summed E-state index contributed by atoms with van der Waals surface area (Å²) in [7, 11) is 2.02. The van der Waals surface area contributed by atoms with Crippen LogP contribution in [0.2, 0.25) is 0 Å². The molecule has 1 heterocycles. The number of hydrogen-bond donors (Lipinski definition) is 1. The predicted molar refractivity (Wildman–Crippen MR) is 70.5 cm³/mol. The minimum Gasteiger partial charge on any atom is -0.369 e. The summed E-state index contributed by atoms with van der Waals surface area (Å²) in [5.41, 5.74) is 1.10. The highest BCUT2D eigenvalue weighted by atomic mass is 79.9. The number of nitro groups is 1. The predicted octanol–water partition coefficient (Wildman–Crippen LogP) is 2.16. The highest BCUT2D eigenvalue weighted by molar-refractivity contribution is 9.10. The molecule has 0 aliphatic carbocycles. The summed E-state index contributed by atoms with van der Waals surface area (Å²) < 4.78 is 0.765. The summed E-state index contributed by atoms with van der Waals surface area (Å²) in [6.07, 6.45) is 1.10. The number of nitrogens with zero attached hydrogens (tertiary/aromatic N) is 2. The first kappa shape index (κ1) is 12.3. The Morgan fingerprint density at radius 3 is 2.88 bits per heavy atom. The Labute approximate surface area is 108 Å². The van der Waals surface area contributed by atoms with E-state index in [4.69, 9.17) is 0 Å². The second-order valence-corrected chi connectivity index (χ2v) is 5.00. The number of likely N-dealkylation sites (N-methyl/N-ethyl adjacent to an activating group) is 1. The van der Waals surface area contributed by atoms with E-state index in [9.17, 15) is 10.1 Å². The zero-order chi connectivity index (χ0) is 12.4. The van der Waals surface area contributed by atoms with Crippen molar-refractivity contribution in [3.63, 3.8) is 0 Å². The van der Waals surface area contributed by atoms with E-state index in [1.807, 2.05) is 7.05 Å². The van der Waals surface area contributed by atoms with Crippen molar-refractivity contribution >= 4 is 27.3 Å². The third kappa shape index (κ3) is 2.58. The summed E-state index contributed by atoms with van der Waals surface area (Å²) in [4.78, 5) is 12.4. The molecule has 5 nitrogen and oxygen atoms in total. The van der Waals surface area contributed by atoms with Crippen LogP contribution in [0.3, 0.4) is 0 Å². The third-order valence-corrected chi connectivity index (χ3v) is 3.74. The first-order valence-corrected chi connectivity index (χ1v) is 6.26. The van der Waals surface area contributed by atoms with Crippen LogP contribution in [-0.2, 0) is 0 Å². The lowest BCUT2D eigenvalue weighted by molar-refractivity contribution is -0.384. The van der Waals surface area contributed by atoms with E-state index in [1.54, 1.807) is 18.2 Å². The lowest BCUT2D eigenvalue weighted by Gasteiger charge is -2.26. The Bertz CT molecular complexity index is 433. The number of nitrogens with one attached hydrogen (secondary N) is 1. The summed E-state index contributed by atoms with van der Waals surface area (Å²) in [6.45, 7) is 1.99. The molecule has 0 amide bonds. The van der Waals surface area contributed by atoms with Gasteiger partial charge in [0.05, 0.1) is 10.6 Å². The molecule has 1 unspecified atom stereocenters. The first-order chi connectivity index (χ1) is 8.09. The molecule has 1 N–H and O–H groups in total. The molecule has 1 aliphatic heterocycles. The Hall–Kier alpha value is -1.14. The fourth-order valence-electron chi connectivity index (χ4n) is 2.06. The average Bonchev–Trinajstić information content (AvgIpc) is 2.81. The second-order valence-electron chi connectivity index (χ2n) is 4.15. The quantitative estimate of drug-likeness (QED) is 0.686. The molecule has 1 atom stereocenters. The number of halogens is 1. The maximum atomic E-state index is 10.7. The van der Waals surface area contributed by atoms with Gasteiger partial charge in [-0.3, -0.25) is 10.1 Å². The number of anilines is 1. The van der Waals surface area contributed by atoms with Crippen LogP contribution in [0.1, 0.15) is 6.42 Å². The van der Waals surface area contributed by atoms with Gasteiger partial charge in [0, 0.05) is 36.2 Å². The van der Waals surface area contributed by atoms with Gasteiger partial charge in [-0.1, -0.05) is 0 Å². The molecule has 2 rings (SSSR count). The number of non-ortho nitro benzene ring substituents is 1. The van der Waals surface area contributed by atoms with E-state index >= 15 is 0 Å². The third-order valence-electron chi connectivity index (χ3n) is 3.10. The molecule has 1 saturated heterocycles. The largest absolute Gasteiger partial charge is 0.369 e. The van der Waals surface area contributed by atoms with E-state index in [1.165, 1.54) is 0 Å². The van der Waals surface area contributed by atoms with Crippen LogP contribution in [0.5, 0.6) is 0 Å². The molecule has 1 aromatic carbocycles. The van der Waals surface area contributed by atoms with Gasteiger partial charge in [-0.25, -0.2) is 0 Å². The number of hydrogen-bond acceptors (Lipinski definition) is 4. The lowest BCUT2D eigenvalue weighted by Crippen LogP contribution is -2.33. The molecule has 0 radical (unpaired) electrons. The van der Waals surface area contributed by atoms with Gasteiger partial charge in [0.2, 0.25) is 0 Å². The Kier molecular flexibility index (Phi) is 3.63. The molecule has 0 spiro atoms. The van der Waals surface area contributed by atoms with Crippen LogP contribution in [0.15, 0.2) is 22.7 Å². The minimum atomic E-state index is -0.383. The van der Waals surface area contributed by atoms with Crippen LogP contribution in [0.4, 0.5) is 11.4 Å². The van der Waals surface area contributed by atoms with Gasteiger partial charge < -0.3 is 10.2 Å². The van der Waals surface area contributed by atoms with Crippen molar-refractivity contribution in [1.29, 1.82) is 0 Å². The Balaban J connectivity index is 2.23. The molecule has 6 heteroatoms. The maximum Gasteiger partial charge on any atom is 0.270 e. The molecule has 0 aromatic heterocycles. The van der Waals surface area contributed by atoms with Crippen molar-refractivity contribution in [3.8, 4) is 0 Å². The standard InChI is InChI=1S/C11H14BrN3O2/c1-14(9-4-5-13-7-9)11-3-2-8(15(16)17)6-10(11)12/h2-3,6,9,13H,4-5,7H2,1H3. The Morgan fingerprint density at radius 2 is 2.35 bits per heavy atom. The SMILES string of the molecule is CN(c1ccc([N+](=O)[O-])cc1Br)C1CCNC1. The molecule has 17 heavy (non-hydrogen) atoms. The summed E-state index contributed by atoms with van der Waals surface area (Å²) in [5, 5.41) is 14.0. The average molecular weight is 300 g/mol. The smallest absolute Gasteiger partial charge is 0.270 e. The van der Waals surface area contributed by atoms with Gasteiger partial charge in [-0.05, 0) is 35.0 Å². The highest BCUT2D eigenvalue weighted by Crippen LogP contribution is 2.31. The molecular weight excluding hydrogens is 286 g/mol. The summed E-state index contributed by atoms with van der Waals surface area (Å²) in [5.74, 6) is 0. The van der Waals surface area contributed by atoms with Crippen molar-refractivity contribution in [3.05, 3.63) is 32.8 Å². The highest BCUT2D eigenvalue weighted by Gasteiger charge is 2.21. The van der Waals surface area contributed by atoms with Crippen molar-refractivity contribution in [2.24, 2.45) is 0 Å². The maximum absolute atomic E-state index is 10.7. The fourth-order valence-corrected chi connectivity index (χ4v) is 2.71. The van der Waals surface area contributed by atoms with Crippen molar-refractivity contribution in [1.82, 2.24) is 5.32 Å². The van der Waals surface area contributed by atoms with Gasteiger partial charge >= 0.3 is 0 Å². The van der Waals surface area contributed by atoms with Crippen molar-refractivity contribution < 1.29 is 4.92 Å². The molecule has 0 saturated carbocycles. The van der Waals surface area contributed by atoms with E-state index in [2.05, 4.69) is 26.1 Å². The number of nitro benzene ring substituents is 1. The Morgan fingerprint density at radius 1 is 1.59 bits per heavy atom. The van der Waals surface area contributed by atoms with Gasteiger partial charge in [-0.15, -0.1) is 0 Å². The van der Waals surface area contributed by atoms with E-state index in [-0.39, 0.29) is 10.6 Å². The van der Waals surface area contributed by atoms with E-state index in [0.29, 0.717) is 6.04 Å². The van der Waals surface area contributed by atoms with Crippen LogP contribution in [0, 0.1) is 10.1 Å². The van der Waals surface area contributed by atoms with Crippen molar-refractivity contribution in [2.45, 2.75) is 12.5 Å². The van der Waals surface area contributed by atoms with Crippen molar-refractivity contribution in [2.75, 3.05) is 25.0 Å². The lowest BCUT2D eigenvalue weighted by atomic mass is 10.2. The summed E-state index contributed by atoms with van der Waals surface area (Å²) >= 11 is 3.40. The zero-order valence-electron chi connectivity index (χ0n) is 9.52. The minimum absolute atomic E-state index is 0.110. The van der Waals surface area contributed by atoms with E-state index < -0.39 is 0 Å². The van der Waals surface area contributed by atoms with Crippen LogP contribution < -0.4 is 10.2 Å². The molecule has 1 aliphatic rings.